The predicted molar refractivity (Wildman–Crippen MR) is 44.1 cm³/mol. The summed E-state index contributed by atoms with van der Waals surface area (Å²) in [5, 5.41) is 17.5. The van der Waals surface area contributed by atoms with Crippen molar-refractivity contribution in [1.82, 2.24) is 4.98 Å². The van der Waals surface area contributed by atoms with Gasteiger partial charge in [-0.05, 0) is 28.1 Å². The molecule has 14 heavy (non-hydrogen) atoms. The van der Waals surface area contributed by atoms with Crippen LogP contribution in [0.25, 0.3) is 0 Å². The maximum atomic E-state index is 12.1. The smallest absolute Gasteiger partial charge is 0.354 e. The summed E-state index contributed by atoms with van der Waals surface area (Å²) in [6, 6.07) is 2.10. The summed E-state index contributed by atoms with van der Waals surface area (Å²) in [4.78, 5) is 3.25. The number of hydrogen-bond acceptors (Lipinski definition) is 3. The number of aliphatic hydroxyl groups is 2. The summed E-state index contributed by atoms with van der Waals surface area (Å²) in [6.07, 6.45) is -4.13. The topological polar surface area (TPSA) is 53.4 Å². The first-order valence-electron chi connectivity index (χ1n) is 3.38. The van der Waals surface area contributed by atoms with E-state index in [9.17, 15) is 13.2 Å². The van der Waals surface area contributed by atoms with E-state index in [4.69, 9.17) is 10.2 Å². The van der Waals surface area contributed by atoms with Gasteiger partial charge in [0.15, 0.2) is 0 Å². The number of alkyl halides is 3. The molecule has 1 rings (SSSR count). The Morgan fingerprint density at radius 3 is 2.14 bits per heavy atom. The molecule has 7 heteroatoms. The van der Waals surface area contributed by atoms with E-state index in [0.29, 0.717) is 4.47 Å². The Kier molecular flexibility index (Phi) is 2.84. The van der Waals surface area contributed by atoms with Crippen LogP contribution in [0.3, 0.4) is 0 Å². The van der Waals surface area contributed by atoms with E-state index in [1.54, 1.807) is 0 Å². The maximum absolute atomic E-state index is 12.1. The molecule has 78 valence electrons. The van der Waals surface area contributed by atoms with Crippen LogP contribution < -0.4 is 0 Å². The lowest BCUT2D eigenvalue weighted by Crippen LogP contribution is -2.42. The van der Waals surface area contributed by atoms with Crippen LogP contribution in [0.5, 0.6) is 0 Å². The van der Waals surface area contributed by atoms with Crippen LogP contribution >= 0.6 is 15.9 Å². The van der Waals surface area contributed by atoms with Crippen molar-refractivity contribution in [3.8, 4) is 0 Å². The van der Waals surface area contributed by atoms with E-state index in [2.05, 4.69) is 20.9 Å². The number of pyridine rings is 1. The van der Waals surface area contributed by atoms with Crippen molar-refractivity contribution in [3.63, 3.8) is 0 Å². The maximum Gasteiger partial charge on any atom is 0.449 e. The lowest BCUT2D eigenvalue weighted by Gasteiger charge is -2.23. The SMILES string of the molecule is OC(O)(c1ccc(Br)cn1)C(F)(F)F. The van der Waals surface area contributed by atoms with Crippen molar-refractivity contribution >= 4 is 15.9 Å². The van der Waals surface area contributed by atoms with Gasteiger partial charge in [0.2, 0.25) is 0 Å². The van der Waals surface area contributed by atoms with Gasteiger partial charge in [-0.3, -0.25) is 4.98 Å². The highest BCUT2D eigenvalue weighted by molar-refractivity contribution is 9.10. The molecule has 0 aliphatic heterocycles. The molecule has 0 amide bonds. The minimum absolute atomic E-state index is 0.444. The average Bonchev–Trinajstić information content (AvgIpc) is 2.03. The molecule has 0 aromatic carbocycles. The second kappa shape index (κ2) is 3.48. The minimum Gasteiger partial charge on any atom is -0.354 e. The fraction of sp³-hybridized carbons (Fsp3) is 0.286. The highest BCUT2D eigenvalue weighted by Gasteiger charge is 2.55. The molecule has 0 spiro atoms. The molecule has 0 fully saturated rings. The molecule has 1 aromatic rings. The lowest BCUT2D eigenvalue weighted by atomic mass is 10.1. The van der Waals surface area contributed by atoms with Crippen molar-refractivity contribution in [2.24, 2.45) is 0 Å². The Balaban J connectivity index is 3.10. The fourth-order valence-electron chi connectivity index (χ4n) is 0.727. The second-order valence-corrected chi connectivity index (χ2v) is 3.45. The van der Waals surface area contributed by atoms with Gasteiger partial charge < -0.3 is 10.2 Å². The van der Waals surface area contributed by atoms with Crippen LogP contribution in [-0.4, -0.2) is 21.4 Å². The largest absolute Gasteiger partial charge is 0.449 e. The molecule has 0 unspecified atom stereocenters. The van der Waals surface area contributed by atoms with Gasteiger partial charge in [-0.1, -0.05) is 0 Å². The number of rotatable bonds is 1. The van der Waals surface area contributed by atoms with E-state index in [1.165, 1.54) is 6.07 Å². The first-order valence-corrected chi connectivity index (χ1v) is 4.18. The number of hydrogen-bond donors (Lipinski definition) is 2. The van der Waals surface area contributed by atoms with E-state index >= 15 is 0 Å². The van der Waals surface area contributed by atoms with Gasteiger partial charge in [0, 0.05) is 10.7 Å². The Hall–Kier alpha value is -0.660. The summed E-state index contributed by atoms with van der Waals surface area (Å²) >= 11 is 2.96. The first kappa shape index (κ1) is 11.4. The van der Waals surface area contributed by atoms with Gasteiger partial charge in [-0.2, -0.15) is 13.2 Å². The van der Waals surface area contributed by atoms with Crippen LogP contribution in [0.15, 0.2) is 22.8 Å². The van der Waals surface area contributed by atoms with E-state index in [-0.39, 0.29) is 0 Å². The quantitative estimate of drug-likeness (QED) is 0.762. The monoisotopic (exact) mass is 271 g/mol. The molecule has 0 radical (unpaired) electrons. The van der Waals surface area contributed by atoms with Gasteiger partial charge in [-0.15, -0.1) is 0 Å². The molecule has 3 nitrogen and oxygen atoms in total. The van der Waals surface area contributed by atoms with E-state index < -0.39 is 17.7 Å². The van der Waals surface area contributed by atoms with Crippen molar-refractivity contribution < 1.29 is 23.4 Å². The van der Waals surface area contributed by atoms with Gasteiger partial charge in [0.25, 0.3) is 0 Å². The summed E-state index contributed by atoms with van der Waals surface area (Å²) in [5.41, 5.74) is -0.867. The third-order valence-corrected chi connectivity index (χ3v) is 1.95. The van der Waals surface area contributed by atoms with Crippen molar-refractivity contribution in [3.05, 3.63) is 28.5 Å². The molecule has 0 atom stereocenters. The van der Waals surface area contributed by atoms with Gasteiger partial charge in [-0.25, -0.2) is 0 Å². The molecular formula is C7H5BrF3NO2. The van der Waals surface area contributed by atoms with Gasteiger partial charge in [0.05, 0.1) is 0 Å². The molecule has 1 heterocycles. The minimum atomic E-state index is -5.17. The van der Waals surface area contributed by atoms with Crippen LogP contribution in [0.4, 0.5) is 13.2 Å². The van der Waals surface area contributed by atoms with Crippen molar-refractivity contribution in [1.29, 1.82) is 0 Å². The molecule has 1 aromatic heterocycles. The van der Waals surface area contributed by atoms with Crippen molar-refractivity contribution in [2.75, 3.05) is 0 Å². The molecule has 0 aliphatic rings. The standard InChI is InChI=1S/C7H5BrF3NO2/c8-4-1-2-5(12-3-4)6(13,14)7(9,10)11/h1-3,13-14H. The molecule has 0 aliphatic carbocycles. The van der Waals surface area contributed by atoms with Gasteiger partial charge in [0.1, 0.15) is 5.69 Å². The van der Waals surface area contributed by atoms with Crippen molar-refractivity contribution in [2.45, 2.75) is 12.0 Å². The van der Waals surface area contributed by atoms with E-state index in [1.807, 2.05) is 0 Å². The zero-order valence-corrected chi connectivity index (χ0v) is 8.17. The third-order valence-electron chi connectivity index (χ3n) is 1.48. The molecule has 2 N–H and O–H groups in total. The summed E-state index contributed by atoms with van der Waals surface area (Å²) < 4.78 is 36.6. The normalized spacial score (nSPS) is 13.0. The number of halogens is 4. The highest BCUT2D eigenvalue weighted by Crippen LogP contribution is 2.35. The molecule has 0 saturated carbocycles. The zero-order valence-electron chi connectivity index (χ0n) is 6.59. The lowest BCUT2D eigenvalue weighted by molar-refractivity contribution is -0.359. The highest BCUT2D eigenvalue weighted by atomic mass is 79.9. The van der Waals surface area contributed by atoms with Crippen LogP contribution in [0.1, 0.15) is 5.69 Å². The first-order chi connectivity index (χ1) is 6.25. The average molecular weight is 272 g/mol. The summed E-state index contributed by atoms with van der Waals surface area (Å²) in [6.45, 7) is 0. The van der Waals surface area contributed by atoms with Crippen LogP contribution in [-0.2, 0) is 5.79 Å². The third kappa shape index (κ3) is 2.05. The van der Waals surface area contributed by atoms with Crippen LogP contribution in [0.2, 0.25) is 0 Å². The second-order valence-electron chi connectivity index (χ2n) is 2.53. The Morgan fingerprint density at radius 1 is 1.21 bits per heavy atom. The Bertz CT molecular complexity index is 323. The van der Waals surface area contributed by atoms with Gasteiger partial charge >= 0.3 is 12.0 Å². The molecule has 0 saturated heterocycles. The van der Waals surface area contributed by atoms with E-state index in [0.717, 1.165) is 12.3 Å². The predicted octanol–water partition coefficient (Wildman–Crippen LogP) is 1.54. The number of aromatic nitrogens is 1. The van der Waals surface area contributed by atoms with Crippen LogP contribution in [0, 0.1) is 0 Å². The summed E-state index contributed by atoms with van der Waals surface area (Å²) in [5.74, 6) is -3.91. The summed E-state index contributed by atoms with van der Waals surface area (Å²) in [7, 11) is 0. The molecule has 0 bridgehead atoms. The number of nitrogens with zero attached hydrogens (tertiary/aromatic N) is 1. The Morgan fingerprint density at radius 2 is 1.79 bits per heavy atom. The zero-order chi connectivity index (χ0) is 11.0. The fourth-order valence-corrected chi connectivity index (χ4v) is 0.962. The molecular weight excluding hydrogens is 267 g/mol. The Labute approximate surface area is 85.3 Å².